The molecule has 2 aliphatic rings. The van der Waals surface area contributed by atoms with Crippen LogP contribution in [0.2, 0.25) is 0 Å². The fourth-order valence-corrected chi connectivity index (χ4v) is 4.35. The second kappa shape index (κ2) is 11.1. The summed E-state index contributed by atoms with van der Waals surface area (Å²) < 4.78 is 5.94. The average molecular weight is 437 g/mol. The molecule has 2 N–H and O–H groups in total. The van der Waals surface area contributed by atoms with Gasteiger partial charge in [-0.25, -0.2) is 0 Å². The SMILES string of the molecule is O=C(CC1C(=O)NCCN1Cc1cccc(Oc2ccccc2)c1)NCCN1CCCC1. The first-order chi connectivity index (χ1) is 15.7. The maximum atomic E-state index is 12.6. The standard InChI is InChI=1S/C25H32N4O3/c30-24(26-11-15-28-13-4-5-14-28)18-23-25(31)27-12-16-29(23)19-20-7-6-10-22(17-20)32-21-8-2-1-3-9-21/h1-3,6-10,17,23H,4-5,11-16,18-19H2,(H,26,30)(H,27,31). The van der Waals surface area contributed by atoms with Crippen LogP contribution >= 0.6 is 0 Å². The third-order valence-electron chi connectivity index (χ3n) is 6.03. The highest BCUT2D eigenvalue weighted by Crippen LogP contribution is 2.23. The molecule has 2 aliphatic heterocycles. The maximum Gasteiger partial charge on any atom is 0.237 e. The zero-order chi connectivity index (χ0) is 22.2. The lowest BCUT2D eigenvalue weighted by atomic mass is 10.1. The van der Waals surface area contributed by atoms with E-state index in [9.17, 15) is 9.59 Å². The first-order valence-electron chi connectivity index (χ1n) is 11.5. The lowest BCUT2D eigenvalue weighted by molar-refractivity contribution is -0.134. The number of carbonyl (C=O) groups excluding carboxylic acids is 2. The molecule has 4 rings (SSSR count). The number of piperazine rings is 1. The monoisotopic (exact) mass is 436 g/mol. The average Bonchev–Trinajstić information content (AvgIpc) is 3.31. The van der Waals surface area contributed by atoms with E-state index in [1.54, 1.807) is 0 Å². The van der Waals surface area contributed by atoms with Crippen LogP contribution in [0.1, 0.15) is 24.8 Å². The van der Waals surface area contributed by atoms with E-state index in [2.05, 4.69) is 20.4 Å². The molecule has 1 atom stereocenters. The van der Waals surface area contributed by atoms with Crippen LogP contribution in [-0.2, 0) is 16.1 Å². The van der Waals surface area contributed by atoms with Gasteiger partial charge in [-0.15, -0.1) is 0 Å². The Balaban J connectivity index is 1.33. The number of hydrogen-bond donors (Lipinski definition) is 2. The molecule has 0 spiro atoms. The van der Waals surface area contributed by atoms with Crippen molar-refractivity contribution >= 4 is 11.8 Å². The second-order valence-corrected chi connectivity index (χ2v) is 8.44. The molecule has 7 nitrogen and oxygen atoms in total. The number of nitrogens with zero attached hydrogens (tertiary/aromatic N) is 2. The molecule has 0 radical (unpaired) electrons. The van der Waals surface area contributed by atoms with Crippen LogP contribution in [0.5, 0.6) is 11.5 Å². The van der Waals surface area contributed by atoms with Gasteiger partial charge in [-0.05, 0) is 55.8 Å². The largest absolute Gasteiger partial charge is 0.457 e. The molecule has 7 heteroatoms. The van der Waals surface area contributed by atoms with E-state index in [1.807, 2.05) is 54.6 Å². The van der Waals surface area contributed by atoms with Gasteiger partial charge in [0.25, 0.3) is 0 Å². The summed E-state index contributed by atoms with van der Waals surface area (Å²) in [7, 11) is 0. The molecule has 1 unspecified atom stereocenters. The normalized spacial score (nSPS) is 19.5. The first-order valence-corrected chi connectivity index (χ1v) is 11.5. The Labute approximate surface area is 189 Å². The molecule has 2 aromatic carbocycles. The van der Waals surface area contributed by atoms with Crippen molar-refractivity contribution in [2.75, 3.05) is 39.3 Å². The molecule has 0 aromatic heterocycles. The van der Waals surface area contributed by atoms with Crippen molar-refractivity contribution in [3.05, 3.63) is 60.2 Å². The molecule has 2 saturated heterocycles. The number of hydrogen-bond acceptors (Lipinski definition) is 5. The summed E-state index contributed by atoms with van der Waals surface area (Å²) in [5.74, 6) is 1.39. The molecule has 170 valence electrons. The summed E-state index contributed by atoms with van der Waals surface area (Å²) in [5.41, 5.74) is 1.05. The number of ether oxygens (including phenoxy) is 1. The van der Waals surface area contributed by atoms with Gasteiger partial charge in [-0.1, -0.05) is 30.3 Å². The van der Waals surface area contributed by atoms with E-state index in [1.165, 1.54) is 12.8 Å². The minimum atomic E-state index is -0.464. The fraction of sp³-hybridized carbons (Fsp3) is 0.440. The van der Waals surface area contributed by atoms with E-state index < -0.39 is 6.04 Å². The Kier molecular flexibility index (Phi) is 7.74. The number of carbonyl (C=O) groups is 2. The Morgan fingerprint density at radius 3 is 2.62 bits per heavy atom. The zero-order valence-corrected chi connectivity index (χ0v) is 18.5. The molecule has 0 saturated carbocycles. The van der Waals surface area contributed by atoms with Gasteiger partial charge in [0.15, 0.2) is 0 Å². The van der Waals surface area contributed by atoms with Crippen molar-refractivity contribution in [2.45, 2.75) is 31.8 Å². The molecule has 2 fully saturated rings. The fourth-order valence-electron chi connectivity index (χ4n) is 4.35. The van der Waals surface area contributed by atoms with Crippen molar-refractivity contribution < 1.29 is 14.3 Å². The van der Waals surface area contributed by atoms with Gasteiger partial charge in [-0.3, -0.25) is 14.5 Å². The molecule has 2 heterocycles. The van der Waals surface area contributed by atoms with E-state index >= 15 is 0 Å². The van der Waals surface area contributed by atoms with Crippen molar-refractivity contribution in [1.29, 1.82) is 0 Å². The van der Waals surface area contributed by atoms with Crippen molar-refractivity contribution in [3.63, 3.8) is 0 Å². The summed E-state index contributed by atoms with van der Waals surface area (Å²) in [4.78, 5) is 29.5. The van der Waals surface area contributed by atoms with E-state index in [0.29, 0.717) is 26.2 Å². The minimum absolute atomic E-state index is 0.0718. The smallest absolute Gasteiger partial charge is 0.237 e. The van der Waals surface area contributed by atoms with E-state index in [4.69, 9.17) is 4.74 Å². The Bertz CT molecular complexity index is 899. The van der Waals surface area contributed by atoms with Crippen LogP contribution in [0, 0.1) is 0 Å². The predicted octanol–water partition coefficient (Wildman–Crippen LogP) is 2.38. The third-order valence-corrected chi connectivity index (χ3v) is 6.03. The molecule has 2 aromatic rings. The van der Waals surface area contributed by atoms with Gasteiger partial charge in [-0.2, -0.15) is 0 Å². The topological polar surface area (TPSA) is 73.9 Å². The van der Waals surface area contributed by atoms with Crippen LogP contribution in [0.4, 0.5) is 0 Å². The second-order valence-electron chi connectivity index (χ2n) is 8.44. The van der Waals surface area contributed by atoms with Gasteiger partial charge >= 0.3 is 0 Å². The summed E-state index contributed by atoms with van der Waals surface area (Å²) in [6.45, 7) is 5.62. The lowest BCUT2D eigenvalue weighted by Crippen LogP contribution is -2.56. The number of nitrogens with one attached hydrogen (secondary N) is 2. The lowest BCUT2D eigenvalue weighted by Gasteiger charge is -2.34. The summed E-state index contributed by atoms with van der Waals surface area (Å²) in [6.07, 6.45) is 2.65. The minimum Gasteiger partial charge on any atom is -0.457 e. The number of rotatable bonds is 9. The molecule has 32 heavy (non-hydrogen) atoms. The first kappa shape index (κ1) is 22.3. The third kappa shape index (κ3) is 6.31. The highest BCUT2D eigenvalue weighted by atomic mass is 16.5. The molecule has 2 amide bonds. The van der Waals surface area contributed by atoms with Crippen LogP contribution in [0.25, 0.3) is 0 Å². The predicted molar refractivity (Wildman–Crippen MR) is 123 cm³/mol. The number of likely N-dealkylation sites (tertiary alicyclic amines) is 1. The molecule has 0 aliphatic carbocycles. The van der Waals surface area contributed by atoms with Crippen molar-refractivity contribution in [3.8, 4) is 11.5 Å². The molecular weight excluding hydrogens is 404 g/mol. The van der Waals surface area contributed by atoms with Crippen LogP contribution in [0.15, 0.2) is 54.6 Å². The van der Waals surface area contributed by atoms with Gasteiger partial charge < -0.3 is 20.3 Å². The Hall–Kier alpha value is -2.90. The van der Waals surface area contributed by atoms with Crippen LogP contribution in [-0.4, -0.2) is 66.9 Å². The highest BCUT2D eigenvalue weighted by molar-refractivity contribution is 5.88. The van der Waals surface area contributed by atoms with E-state index in [-0.39, 0.29) is 18.2 Å². The van der Waals surface area contributed by atoms with Gasteiger partial charge in [0.1, 0.15) is 11.5 Å². The Morgan fingerprint density at radius 2 is 1.81 bits per heavy atom. The number of benzene rings is 2. The van der Waals surface area contributed by atoms with Gasteiger partial charge in [0, 0.05) is 32.7 Å². The summed E-state index contributed by atoms with van der Waals surface area (Å²) in [6, 6.07) is 17.1. The van der Waals surface area contributed by atoms with Crippen LogP contribution < -0.4 is 15.4 Å². The maximum absolute atomic E-state index is 12.6. The quantitative estimate of drug-likeness (QED) is 0.632. The van der Waals surface area contributed by atoms with Gasteiger partial charge in [0.05, 0.1) is 12.5 Å². The van der Waals surface area contributed by atoms with Crippen LogP contribution in [0.3, 0.4) is 0 Å². The van der Waals surface area contributed by atoms with Crippen molar-refractivity contribution in [2.24, 2.45) is 0 Å². The highest BCUT2D eigenvalue weighted by Gasteiger charge is 2.31. The Morgan fingerprint density at radius 1 is 1.03 bits per heavy atom. The molecule has 0 bridgehead atoms. The van der Waals surface area contributed by atoms with E-state index in [0.717, 1.165) is 36.7 Å². The summed E-state index contributed by atoms with van der Waals surface area (Å²) >= 11 is 0. The molecular formula is C25H32N4O3. The number of para-hydroxylation sites is 1. The van der Waals surface area contributed by atoms with Gasteiger partial charge in [0.2, 0.25) is 11.8 Å². The summed E-state index contributed by atoms with van der Waals surface area (Å²) in [5, 5.41) is 5.90. The number of amides is 2. The van der Waals surface area contributed by atoms with Crippen molar-refractivity contribution in [1.82, 2.24) is 20.4 Å². The zero-order valence-electron chi connectivity index (χ0n) is 18.5.